The highest BCUT2D eigenvalue weighted by Gasteiger charge is 2.40. The summed E-state index contributed by atoms with van der Waals surface area (Å²) in [7, 11) is -0.587. The maximum absolute atomic E-state index is 7.21. The van der Waals surface area contributed by atoms with Gasteiger partial charge in [0.1, 0.15) is 34.3 Å². The first kappa shape index (κ1) is 50.4. The van der Waals surface area contributed by atoms with Crippen LogP contribution in [-0.2, 0) is 16.2 Å². The monoisotopic (exact) mass is 871 g/mol. The minimum Gasteiger partial charge on any atom is -0.487 e. The van der Waals surface area contributed by atoms with Crippen molar-refractivity contribution in [3.8, 4) is 39.9 Å². The summed E-state index contributed by atoms with van der Waals surface area (Å²) in [5, 5.41) is 0. The van der Waals surface area contributed by atoms with E-state index in [0.29, 0.717) is 11.8 Å². The van der Waals surface area contributed by atoms with Crippen LogP contribution in [0.4, 0.5) is 0 Å². The van der Waals surface area contributed by atoms with E-state index in [1.807, 2.05) is 0 Å². The quantitative estimate of drug-likeness (QED) is 0.0932. The Balaban J connectivity index is 2.26. The van der Waals surface area contributed by atoms with E-state index in [1.54, 1.807) is 0 Å². The molecule has 336 valence electrons. The fraction of sp³-hybridized carbons (Fsp3) is 0.556. The molecule has 4 rings (SSSR count). The van der Waals surface area contributed by atoms with Gasteiger partial charge in [-0.3, -0.25) is 0 Å². The normalized spacial score (nSPS) is 13.2. The number of benzene rings is 4. The minimum absolute atomic E-state index is 0.174. The van der Waals surface area contributed by atoms with Crippen LogP contribution < -0.4 is 22.8 Å². The highest BCUT2D eigenvalue weighted by atomic mass is 31.1. The fourth-order valence-electron chi connectivity index (χ4n) is 7.22. The van der Waals surface area contributed by atoms with Gasteiger partial charge in [-0.25, -0.2) is 0 Å². The van der Waals surface area contributed by atoms with E-state index in [2.05, 4.69) is 201 Å². The van der Waals surface area contributed by atoms with E-state index >= 15 is 0 Å². The van der Waals surface area contributed by atoms with E-state index in [1.165, 1.54) is 5.56 Å². The summed E-state index contributed by atoms with van der Waals surface area (Å²) in [6, 6.07) is 17.3. The molecule has 0 bridgehead atoms. The third-order valence-corrected chi connectivity index (χ3v) is 15.9. The Morgan fingerprint density at radius 2 is 0.787 bits per heavy atom. The Hall–Kier alpha value is -3.26. The van der Waals surface area contributed by atoms with Crippen molar-refractivity contribution < 1.29 is 22.8 Å². The number of hydrogen-bond acceptors (Lipinski definition) is 5. The fourth-order valence-corrected chi connectivity index (χ4v) is 8.51. The molecule has 5 nitrogen and oxygen atoms in total. The van der Waals surface area contributed by atoms with Gasteiger partial charge in [-0.05, 0) is 147 Å². The maximum atomic E-state index is 7.21. The second-order valence-electron chi connectivity index (χ2n) is 21.2. The molecule has 0 N–H and O–H groups in total. The molecule has 0 aliphatic rings. The van der Waals surface area contributed by atoms with Crippen LogP contribution in [0.3, 0.4) is 0 Å². The van der Waals surface area contributed by atoms with Crippen molar-refractivity contribution in [3.05, 3.63) is 98.6 Å². The summed E-state index contributed by atoms with van der Waals surface area (Å²) in [4.78, 5) is 0. The lowest BCUT2D eigenvalue weighted by molar-refractivity contribution is 0.0590. The molecule has 0 heterocycles. The summed E-state index contributed by atoms with van der Waals surface area (Å²) in [6.07, 6.45) is 0. The molecule has 61 heavy (non-hydrogen) atoms. The van der Waals surface area contributed by atoms with Gasteiger partial charge in [-0.1, -0.05) is 127 Å². The van der Waals surface area contributed by atoms with Crippen LogP contribution >= 0.6 is 18.1 Å². The highest BCUT2D eigenvalue weighted by molar-refractivity contribution is 7.27. The summed E-state index contributed by atoms with van der Waals surface area (Å²) in [5.74, 6) is 5.31. The molecule has 4 aromatic carbocycles. The van der Waals surface area contributed by atoms with Crippen LogP contribution in [0.2, 0.25) is 0 Å². The van der Waals surface area contributed by atoms with E-state index in [0.717, 1.165) is 84.4 Å². The van der Waals surface area contributed by atoms with Gasteiger partial charge in [0.15, 0.2) is 0 Å². The molecular formula is C54H80O5P2. The zero-order valence-corrected chi connectivity index (χ0v) is 44.0. The van der Waals surface area contributed by atoms with Gasteiger partial charge in [0, 0.05) is 27.8 Å². The molecule has 0 radical (unpaired) electrons. The topological polar surface area (TPSA) is 46.2 Å². The minimum atomic E-state index is -0.446. The Morgan fingerprint density at radius 3 is 1.18 bits per heavy atom. The maximum Gasteiger partial charge on any atom is 0.275 e. The van der Waals surface area contributed by atoms with Gasteiger partial charge in [-0.15, -0.1) is 0 Å². The van der Waals surface area contributed by atoms with Crippen LogP contribution in [0.1, 0.15) is 161 Å². The van der Waals surface area contributed by atoms with Crippen LogP contribution in [0.5, 0.6) is 28.7 Å². The molecule has 0 aliphatic carbocycles. The lowest BCUT2D eigenvalue weighted by Gasteiger charge is -2.39. The van der Waals surface area contributed by atoms with Crippen molar-refractivity contribution in [1.82, 2.24) is 0 Å². The Morgan fingerprint density at radius 1 is 0.410 bits per heavy atom. The first-order valence-electron chi connectivity index (χ1n) is 22.4. The highest BCUT2D eigenvalue weighted by Crippen LogP contribution is 2.57. The van der Waals surface area contributed by atoms with Gasteiger partial charge in [0.05, 0.1) is 0 Å². The first-order valence-corrected chi connectivity index (χ1v) is 24.1. The molecular weight excluding hydrogens is 791 g/mol. The zero-order chi connectivity index (χ0) is 46.2. The van der Waals surface area contributed by atoms with Gasteiger partial charge < -0.3 is 22.8 Å². The van der Waals surface area contributed by atoms with Gasteiger partial charge >= 0.3 is 0 Å². The number of hydrogen-bond donors (Lipinski definition) is 0. The molecule has 0 fully saturated rings. The summed E-state index contributed by atoms with van der Waals surface area (Å²) in [6.45, 7) is 49.6. The second-order valence-corrected chi connectivity index (χ2v) is 22.3. The molecule has 7 heteroatoms. The number of ether oxygens (including phenoxy) is 1. The Labute approximate surface area is 375 Å². The predicted octanol–water partition coefficient (Wildman–Crippen LogP) is 16.8. The van der Waals surface area contributed by atoms with Crippen molar-refractivity contribution in [2.24, 2.45) is 23.7 Å². The molecule has 0 spiro atoms. The van der Waals surface area contributed by atoms with Gasteiger partial charge in [0.2, 0.25) is 0 Å². The summed E-state index contributed by atoms with van der Waals surface area (Å²) >= 11 is 0. The van der Waals surface area contributed by atoms with Gasteiger partial charge in [0.25, 0.3) is 18.1 Å². The molecule has 0 aliphatic heterocycles. The third kappa shape index (κ3) is 10.8. The largest absolute Gasteiger partial charge is 0.487 e. The van der Waals surface area contributed by atoms with Crippen molar-refractivity contribution in [3.63, 3.8) is 0 Å². The standard InChI is InChI=1S/C54H80O5P2/c1-31(2)51(15,16)41-29-42(52(17,18)32(3)4)49(58-60-56-44-27-35(9)23-25-37(44)11)47(39(41)13)48-40(14)46(55-54(21,22)34(7)8)30-43(53(19,20)33(5)6)50(48)59-61-57-45-28-36(10)24-26-38(45)12/h23-34,60-61H,1-22H3. The second kappa shape index (κ2) is 19.2. The van der Waals surface area contributed by atoms with Crippen molar-refractivity contribution in [2.45, 2.75) is 174 Å². The van der Waals surface area contributed by atoms with Crippen LogP contribution in [0.25, 0.3) is 11.1 Å². The zero-order valence-electron chi connectivity index (χ0n) is 42.0. The average Bonchev–Trinajstić information content (AvgIpc) is 3.15. The number of rotatable bonds is 18. The lowest BCUT2D eigenvalue weighted by Crippen LogP contribution is -2.35. The van der Waals surface area contributed by atoms with Crippen LogP contribution in [0.15, 0.2) is 48.5 Å². The molecule has 0 saturated heterocycles. The van der Waals surface area contributed by atoms with Crippen LogP contribution in [-0.4, -0.2) is 5.60 Å². The van der Waals surface area contributed by atoms with Gasteiger partial charge in [-0.2, -0.15) is 0 Å². The molecule has 2 unspecified atom stereocenters. The van der Waals surface area contributed by atoms with E-state index < -0.39 is 5.60 Å². The van der Waals surface area contributed by atoms with E-state index in [9.17, 15) is 0 Å². The molecule has 0 saturated carbocycles. The van der Waals surface area contributed by atoms with Crippen LogP contribution in [0, 0.1) is 65.2 Å². The van der Waals surface area contributed by atoms with E-state index in [4.69, 9.17) is 22.8 Å². The summed E-state index contributed by atoms with van der Waals surface area (Å²) < 4.78 is 34.7. The number of aryl methyl sites for hydroxylation is 4. The molecule has 0 amide bonds. The van der Waals surface area contributed by atoms with Crippen molar-refractivity contribution in [1.29, 1.82) is 0 Å². The Bertz CT molecular complexity index is 2170. The van der Waals surface area contributed by atoms with E-state index in [-0.39, 0.29) is 46.1 Å². The molecule has 2 atom stereocenters. The third-order valence-electron chi connectivity index (χ3n) is 14.7. The predicted molar refractivity (Wildman–Crippen MR) is 265 cm³/mol. The SMILES string of the molecule is Cc1ccc(C)c(OPOc2c(C(C)(C)C(C)C)cc(OC(C)(C)C(C)C)c(C)c2-c2c(C)c(C(C)(C)C(C)C)cc(C(C)(C)C(C)C)c2OPOc2cc(C)ccc2C)c1. The lowest BCUT2D eigenvalue weighted by atomic mass is 9.67. The van der Waals surface area contributed by atoms with Crippen molar-refractivity contribution >= 4 is 18.1 Å². The van der Waals surface area contributed by atoms with Crippen molar-refractivity contribution in [2.75, 3.05) is 0 Å². The summed E-state index contributed by atoms with van der Waals surface area (Å²) in [5.41, 5.74) is 10.9. The molecule has 4 aromatic rings. The average molecular weight is 871 g/mol. The Kier molecular flexibility index (Phi) is 15.9. The molecule has 0 aromatic heterocycles. The first-order chi connectivity index (χ1) is 28.1. The smallest absolute Gasteiger partial charge is 0.275 e.